The first-order chi connectivity index (χ1) is 9.15. The molecule has 0 atom stereocenters. The van der Waals surface area contributed by atoms with Crippen LogP contribution in [0.2, 0.25) is 0 Å². The summed E-state index contributed by atoms with van der Waals surface area (Å²) in [4.78, 5) is 14.2. The number of nitrogens with one attached hydrogen (secondary N) is 1. The van der Waals surface area contributed by atoms with E-state index in [2.05, 4.69) is 17.3 Å². The van der Waals surface area contributed by atoms with Crippen molar-refractivity contribution in [3.8, 4) is 0 Å². The Labute approximate surface area is 113 Å². The van der Waals surface area contributed by atoms with Crippen molar-refractivity contribution in [2.75, 3.05) is 39.3 Å². The van der Waals surface area contributed by atoms with E-state index >= 15 is 0 Å². The van der Waals surface area contributed by atoms with Gasteiger partial charge in [-0.2, -0.15) is 0 Å². The second-order valence-electron chi connectivity index (χ2n) is 4.63. The lowest BCUT2D eigenvalue weighted by Crippen LogP contribution is -2.34. The van der Waals surface area contributed by atoms with Gasteiger partial charge in [0.1, 0.15) is 0 Å². The van der Waals surface area contributed by atoms with Gasteiger partial charge in [-0.1, -0.05) is 0 Å². The maximum atomic E-state index is 12.0. The van der Waals surface area contributed by atoms with E-state index in [1.165, 1.54) is 11.3 Å². The number of likely N-dealkylation sites (N-methyl/N-ethyl adjacent to an activating group) is 1. The molecule has 1 heterocycles. The highest BCUT2D eigenvalue weighted by Gasteiger charge is 2.17. The number of hydrogen-bond donors (Lipinski definition) is 1. The largest absolute Gasteiger partial charge is 0.374 e. The summed E-state index contributed by atoms with van der Waals surface area (Å²) >= 11 is 0. The predicted octanol–water partition coefficient (Wildman–Crippen LogP) is 1.03. The highest BCUT2D eigenvalue weighted by Crippen LogP contribution is 2.27. The van der Waals surface area contributed by atoms with Gasteiger partial charge in [0.05, 0.1) is 6.54 Å². The topological polar surface area (TPSA) is 50.8 Å². The molecule has 0 radical (unpaired) electrons. The maximum Gasteiger partial charge on any atom is 0.251 e. The van der Waals surface area contributed by atoms with Gasteiger partial charge in [0.25, 0.3) is 5.91 Å². The Morgan fingerprint density at radius 1 is 1.42 bits per heavy atom. The summed E-state index contributed by atoms with van der Waals surface area (Å²) in [5.74, 6) is -0.101. The van der Waals surface area contributed by atoms with Crippen molar-refractivity contribution in [3.63, 3.8) is 0 Å². The zero-order valence-corrected chi connectivity index (χ0v) is 11.6. The third-order valence-electron chi connectivity index (χ3n) is 3.42. The van der Waals surface area contributed by atoms with Gasteiger partial charge in [-0.15, -0.1) is 0 Å². The average molecular weight is 264 g/mol. The Kier molecular flexibility index (Phi) is 4.39. The average Bonchev–Trinajstić information content (AvgIpc) is 2.81. The van der Waals surface area contributed by atoms with E-state index in [1.54, 1.807) is 14.2 Å². The third-order valence-corrected chi connectivity index (χ3v) is 3.42. The van der Waals surface area contributed by atoms with Crippen molar-refractivity contribution >= 4 is 11.6 Å². The second kappa shape index (κ2) is 6.04. The number of rotatable bonds is 5. The molecule has 1 aliphatic heterocycles. The van der Waals surface area contributed by atoms with E-state index in [9.17, 15) is 4.79 Å². The van der Waals surface area contributed by atoms with Crippen LogP contribution < -0.4 is 10.2 Å². The lowest BCUT2D eigenvalue weighted by Gasteiger charge is -2.15. The zero-order valence-electron chi connectivity index (χ0n) is 11.6. The maximum absolute atomic E-state index is 12.0. The first kappa shape index (κ1) is 13.8. The summed E-state index contributed by atoms with van der Waals surface area (Å²) in [5.41, 5.74) is 3.12. The molecular weight excluding hydrogens is 244 g/mol. The molecule has 5 nitrogen and oxygen atoms in total. The van der Waals surface area contributed by atoms with Crippen molar-refractivity contribution in [2.24, 2.45) is 0 Å². The van der Waals surface area contributed by atoms with E-state index in [0.717, 1.165) is 13.0 Å². The summed E-state index contributed by atoms with van der Waals surface area (Å²) in [6, 6.07) is 5.81. The highest BCUT2D eigenvalue weighted by atomic mass is 16.7. The summed E-state index contributed by atoms with van der Waals surface area (Å²) in [5, 5.41) is 2.80. The molecule has 104 valence electrons. The van der Waals surface area contributed by atoms with E-state index in [4.69, 9.17) is 9.47 Å². The minimum Gasteiger partial charge on any atom is -0.374 e. The molecule has 0 aromatic heterocycles. The van der Waals surface area contributed by atoms with Gasteiger partial charge >= 0.3 is 0 Å². The van der Waals surface area contributed by atoms with Crippen molar-refractivity contribution in [2.45, 2.75) is 12.7 Å². The summed E-state index contributed by atoms with van der Waals surface area (Å²) in [7, 11) is 5.16. The molecule has 1 aromatic carbocycles. The number of benzene rings is 1. The van der Waals surface area contributed by atoms with E-state index < -0.39 is 6.29 Å². The van der Waals surface area contributed by atoms with Gasteiger partial charge in [0.15, 0.2) is 6.29 Å². The minimum atomic E-state index is -0.412. The number of hydrogen-bond acceptors (Lipinski definition) is 4. The number of carbonyl (C=O) groups excluding carboxylic acids is 1. The van der Waals surface area contributed by atoms with Gasteiger partial charge in [-0.3, -0.25) is 4.79 Å². The van der Waals surface area contributed by atoms with Crippen LogP contribution in [0, 0.1) is 0 Å². The van der Waals surface area contributed by atoms with Gasteiger partial charge in [0.2, 0.25) is 0 Å². The first-order valence-electron chi connectivity index (χ1n) is 6.33. The number of nitrogens with zero attached hydrogens (tertiary/aromatic N) is 1. The molecule has 1 N–H and O–H groups in total. The third kappa shape index (κ3) is 3.05. The second-order valence-corrected chi connectivity index (χ2v) is 4.63. The highest BCUT2D eigenvalue weighted by molar-refractivity contribution is 5.95. The Morgan fingerprint density at radius 2 is 2.16 bits per heavy atom. The smallest absolute Gasteiger partial charge is 0.251 e. The molecule has 0 unspecified atom stereocenters. The SMILES string of the molecule is COC(CNC(=O)c1ccc2c(c1)CCN2C)OC. The molecule has 0 bridgehead atoms. The lowest BCUT2D eigenvalue weighted by atomic mass is 10.1. The number of carbonyl (C=O) groups is 1. The number of fused-ring (bicyclic) bond motifs is 1. The van der Waals surface area contributed by atoms with Crippen LogP contribution in [0.1, 0.15) is 15.9 Å². The Bertz CT molecular complexity index is 458. The van der Waals surface area contributed by atoms with E-state index in [1.807, 2.05) is 18.2 Å². The van der Waals surface area contributed by atoms with Gasteiger partial charge in [-0.25, -0.2) is 0 Å². The molecule has 1 amide bonds. The van der Waals surface area contributed by atoms with Crippen LogP contribution >= 0.6 is 0 Å². The molecule has 2 rings (SSSR count). The molecule has 1 aromatic rings. The van der Waals surface area contributed by atoms with Crippen molar-refractivity contribution in [3.05, 3.63) is 29.3 Å². The van der Waals surface area contributed by atoms with Crippen LogP contribution in [0.5, 0.6) is 0 Å². The van der Waals surface area contributed by atoms with Crippen molar-refractivity contribution in [1.82, 2.24) is 5.32 Å². The number of anilines is 1. The molecule has 0 aliphatic carbocycles. The normalized spacial score (nSPS) is 13.8. The van der Waals surface area contributed by atoms with Crippen molar-refractivity contribution in [1.29, 1.82) is 0 Å². The number of methoxy groups -OCH3 is 2. The van der Waals surface area contributed by atoms with Crippen LogP contribution in [0.4, 0.5) is 5.69 Å². The minimum absolute atomic E-state index is 0.101. The molecule has 1 aliphatic rings. The molecule has 0 spiro atoms. The molecule has 19 heavy (non-hydrogen) atoms. The van der Waals surface area contributed by atoms with Crippen LogP contribution in [0.3, 0.4) is 0 Å². The van der Waals surface area contributed by atoms with Gasteiger partial charge in [0, 0.05) is 39.1 Å². The monoisotopic (exact) mass is 264 g/mol. The molecule has 0 saturated heterocycles. The molecule has 0 saturated carbocycles. The fraction of sp³-hybridized carbons (Fsp3) is 0.500. The van der Waals surface area contributed by atoms with Gasteiger partial charge in [-0.05, 0) is 30.2 Å². The van der Waals surface area contributed by atoms with Crippen LogP contribution in [0.15, 0.2) is 18.2 Å². The van der Waals surface area contributed by atoms with E-state index in [-0.39, 0.29) is 5.91 Å². The zero-order chi connectivity index (χ0) is 13.8. The number of ether oxygens (including phenoxy) is 2. The fourth-order valence-corrected chi connectivity index (χ4v) is 2.25. The quantitative estimate of drug-likeness (QED) is 0.807. The molecule has 5 heteroatoms. The number of amides is 1. The standard InChI is InChI=1S/C14H20N2O3/c1-16-7-6-10-8-11(4-5-12(10)16)14(17)15-9-13(18-2)19-3/h4-5,8,13H,6-7,9H2,1-3H3,(H,15,17). The van der Waals surface area contributed by atoms with Crippen LogP contribution in [-0.2, 0) is 15.9 Å². The summed E-state index contributed by atoms with van der Waals surface area (Å²) in [6.45, 7) is 1.35. The Balaban J connectivity index is 2.00. The predicted molar refractivity (Wildman–Crippen MR) is 73.6 cm³/mol. The summed E-state index contributed by atoms with van der Waals surface area (Å²) < 4.78 is 10.1. The van der Waals surface area contributed by atoms with Crippen LogP contribution in [-0.4, -0.2) is 46.6 Å². The molecule has 0 fully saturated rings. The van der Waals surface area contributed by atoms with Gasteiger partial charge < -0.3 is 19.7 Å². The Hall–Kier alpha value is -1.59. The van der Waals surface area contributed by atoms with Crippen molar-refractivity contribution < 1.29 is 14.3 Å². The Morgan fingerprint density at radius 3 is 2.84 bits per heavy atom. The first-order valence-corrected chi connectivity index (χ1v) is 6.33. The molecular formula is C14H20N2O3. The van der Waals surface area contributed by atoms with Crippen LogP contribution in [0.25, 0.3) is 0 Å². The fourth-order valence-electron chi connectivity index (χ4n) is 2.25. The summed E-state index contributed by atoms with van der Waals surface area (Å²) in [6.07, 6.45) is 0.579. The lowest BCUT2D eigenvalue weighted by molar-refractivity contribution is -0.0974. The van der Waals surface area contributed by atoms with E-state index in [0.29, 0.717) is 12.1 Å².